The first-order valence-corrected chi connectivity index (χ1v) is 5.00. The van der Waals surface area contributed by atoms with E-state index in [9.17, 15) is 4.79 Å². The van der Waals surface area contributed by atoms with Crippen molar-refractivity contribution < 1.29 is 19.1 Å². The number of carboxylic acid groups (broad SMARTS) is 1. The zero-order valence-electron chi connectivity index (χ0n) is 9.06. The summed E-state index contributed by atoms with van der Waals surface area (Å²) in [5.74, 6) is -0.451. The fourth-order valence-corrected chi connectivity index (χ4v) is 1.46. The highest BCUT2D eigenvalue weighted by Gasteiger charge is 2.11. The Morgan fingerprint density at radius 2 is 2.12 bits per heavy atom. The molecule has 84 valence electrons. The Bertz CT molecular complexity index is 525. The first-order chi connectivity index (χ1) is 7.56. The summed E-state index contributed by atoms with van der Waals surface area (Å²) in [5, 5.41) is 9.53. The van der Waals surface area contributed by atoms with Crippen LogP contribution in [0.2, 0.25) is 0 Å². The Morgan fingerprint density at radius 1 is 1.38 bits per heavy atom. The molecule has 0 spiro atoms. The maximum atomic E-state index is 10.7. The second-order valence-corrected chi connectivity index (χ2v) is 3.78. The highest BCUT2D eigenvalue weighted by molar-refractivity contribution is 5.91. The maximum absolute atomic E-state index is 10.7. The zero-order valence-corrected chi connectivity index (χ0v) is 9.06. The number of aromatic carboxylic acids is 1. The first kappa shape index (κ1) is 10.5. The Morgan fingerprint density at radius 3 is 2.75 bits per heavy atom. The second kappa shape index (κ2) is 3.89. The van der Waals surface area contributed by atoms with E-state index in [1.807, 2.05) is 13.8 Å². The molecule has 0 atom stereocenters. The van der Waals surface area contributed by atoms with Crippen LogP contribution >= 0.6 is 0 Å². The van der Waals surface area contributed by atoms with Gasteiger partial charge in [-0.15, -0.1) is 0 Å². The number of hydrogen-bond donors (Lipinski definition) is 1. The van der Waals surface area contributed by atoms with Gasteiger partial charge in [-0.25, -0.2) is 4.79 Å². The van der Waals surface area contributed by atoms with Gasteiger partial charge < -0.3 is 14.3 Å². The molecule has 2 aromatic rings. The lowest BCUT2D eigenvalue weighted by atomic mass is 10.2. The van der Waals surface area contributed by atoms with E-state index in [1.165, 1.54) is 6.07 Å². The van der Waals surface area contributed by atoms with Crippen molar-refractivity contribution >= 4 is 16.9 Å². The molecular weight excluding hydrogens is 208 g/mol. The van der Waals surface area contributed by atoms with Crippen molar-refractivity contribution in [3.63, 3.8) is 0 Å². The SMILES string of the molecule is CC(C)Oc1ccc2cc(C(=O)O)oc2c1. The third kappa shape index (κ3) is 2.00. The van der Waals surface area contributed by atoms with Gasteiger partial charge in [0, 0.05) is 11.5 Å². The lowest BCUT2D eigenvalue weighted by Crippen LogP contribution is -2.04. The maximum Gasteiger partial charge on any atom is 0.371 e. The summed E-state index contributed by atoms with van der Waals surface area (Å²) in [5.41, 5.74) is 0.524. The molecule has 0 unspecified atom stereocenters. The Labute approximate surface area is 92.4 Å². The van der Waals surface area contributed by atoms with Gasteiger partial charge in [-0.1, -0.05) is 0 Å². The van der Waals surface area contributed by atoms with Gasteiger partial charge in [0.25, 0.3) is 0 Å². The molecule has 0 radical (unpaired) electrons. The van der Waals surface area contributed by atoms with Crippen molar-refractivity contribution in [1.82, 2.24) is 0 Å². The van der Waals surface area contributed by atoms with Gasteiger partial charge in [-0.3, -0.25) is 0 Å². The summed E-state index contributed by atoms with van der Waals surface area (Å²) in [6, 6.07) is 6.77. The molecule has 2 rings (SSSR count). The van der Waals surface area contributed by atoms with Crippen LogP contribution in [-0.4, -0.2) is 17.2 Å². The minimum absolute atomic E-state index is 0.0586. The highest BCUT2D eigenvalue weighted by atomic mass is 16.5. The number of ether oxygens (including phenoxy) is 1. The van der Waals surface area contributed by atoms with Crippen LogP contribution in [0.4, 0.5) is 0 Å². The Hall–Kier alpha value is -1.97. The summed E-state index contributed by atoms with van der Waals surface area (Å²) in [7, 11) is 0. The van der Waals surface area contributed by atoms with Crippen molar-refractivity contribution in [1.29, 1.82) is 0 Å². The minimum Gasteiger partial charge on any atom is -0.491 e. The van der Waals surface area contributed by atoms with Crippen LogP contribution in [0.15, 0.2) is 28.7 Å². The van der Waals surface area contributed by atoms with Gasteiger partial charge in [-0.05, 0) is 32.0 Å². The molecule has 16 heavy (non-hydrogen) atoms. The van der Waals surface area contributed by atoms with E-state index >= 15 is 0 Å². The summed E-state index contributed by atoms with van der Waals surface area (Å²) in [4.78, 5) is 10.7. The van der Waals surface area contributed by atoms with Crippen LogP contribution in [-0.2, 0) is 0 Å². The molecule has 4 heteroatoms. The molecule has 0 aliphatic carbocycles. The number of fused-ring (bicyclic) bond motifs is 1. The second-order valence-electron chi connectivity index (χ2n) is 3.78. The molecule has 0 saturated heterocycles. The van der Waals surface area contributed by atoms with Gasteiger partial charge in [0.2, 0.25) is 5.76 Å². The summed E-state index contributed by atoms with van der Waals surface area (Å²) >= 11 is 0. The van der Waals surface area contributed by atoms with E-state index in [-0.39, 0.29) is 11.9 Å². The van der Waals surface area contributed by atoms with Crippen molar-refractivity contribution in [3.05, 3.63) is 30.0 Å². The van der Waals surface area contributed by atoms with Crippen molar-refractivity contribution in [3.8, 4) is 5.75 Å². The van der Waals surface area contributed by atoms with Crippen LogP contribution in [0, 0.1) is 0 Å². The quantitative estimate of drug-likeness (QED) is 0.863. The molecule has 0 amide bonds. The molecule has 1 aromatic heterocycles. The van der Waals surface area contributed by atoms with Crippen molar-refractivity contribution in [2.24, 2.45) is 0 Å². The number of furan rings is 1. The summed E-state index contributed by atoms with van der Waals surface area (Å²) in [6.45, 7) is 3.85. The molecule has 4 nitrogen and oxygen atoms in total. The van der Waals surface area contributed by atoms with Crippen molar-refractivity contribution in [2.45, 2.75) is 20.0 Å². The lowest BCUT2D eigenvalue weighted by Gasteiger charge is -2.08. The molecule has 0 saturated carbocycles. The van der Waals surface area contributed by atoms with E-state index in [0.29, 0.717) is 11.3 Å². The van der Waals surface area contributed by atoms with Gasteiger partial charge in [0.1, 0.15) is 11.3 Å². The highest BCUT2D eigenvalue weighted by Crippen LogP contribution is 2.24. The van der Waals surface area contributed by atoms with E-state index in [4.69, 9.17) is 14.3 Å². The normalized spacial score (nSPS) is 10.9. The minimum atomic E-state index is -1.07. The standard InChI is InChI=1S/C12H12O4/c1-7(2)15-9-4-3-8-5-11(12(13)14)16-10(8)6-9/h3-7H,1-2H3,(H,13,14). The lowest BCUT2D eigenvalue weighted by molar-refractivity contribution is 0.0665. The van der Waals surface area contributed by atoms with Gasteiger partial charge in [0.15, 0.2) is 0 Å². The topological polar surface area (TPSA) is 59.7 Å². The number of carboxylic acids is 1. The van der Waals surface area contributed by atoms with Crippen molar-refractivity contribution in [2.75, 3.05) is 0 Å². The first-order valence-electron chi connectivity index (χ1n) is 5.00. The van der Waals surface area contributed by atoms with E-state index < -0.39 is 5.97 Å². The molecule has 0 aliphatic rings. The van der Waals surface area contributed by atoms with Crippen LogP contribution < -0.4 is 4.74 Å². The van der Waals surface area contributed by atoms with Gasteiger partial charge >= 0.3 is 5.97 Å². The summed E-state index contributed by atoms with van der Waals surface area (Å²) in [6.07, 6.45) is 0.0753. The molecule has 0 fully saturated rings. The number of benzene rings is 1. The third-order valence-electron chi connectivity index (χ3n) is 2.07. The van der Waals surface area contributed by atoms with Crippen LogP contribution in [0.25, 0.3) is 11.0 Å². The van der Waals surface area contributed by atoms with Crippen LogP contribution in [0.5, 0.6) is 5.75 Å². The zero-order chi connectivity index (χ0) is 11.7. The number of carbonyl (C=O) groups is 1. The van der Waals surface area contributed by atoms with Crippen LogP contribution in [0.1, 0.15) is 24.4 Å². The van der Waals surface area contributed by atoms with E-state index in [2.05, 4.69) is 0 Å². The van der Waals surface area contributed by atoms with Gasteiger partial charge in [0.05, 0.1) is 6.10 Å². The summed E-state index contributed by atoms with van der Waals surface area (Å²) < 4.78 is 10.7. The molecule has 1 aromatic carbocycles. The number of rotatable bonds is 3. The average Bonchev–Trinajstić information content (AvgIpc) is 2.59. The molecule has 0 aliphatic heterocycles. The molecule has 1 heterocycles. The smallest absolute Gasteiger partial charge is 0.371 e. The Kier molecular flexibility index (Phi) is 2.56. The van der Waals surface area contributed by atoms with Crippen LogP contribution in [0.3, 0.4) is 0 Å². The van der Waals surface area contributed by atoms with Gasteiger partial charge in [-0.2, -0.15) is 0 Å². The largest absolute Gasteiger partial charge is 0.491 e. The van der Waals surface area contributed by atoms with E-state index in [0.717, 1.165) is 5.39 Å². The predicted molar refractivity (Wildman–Crippen MR) is 58.9 cm³/mol. The predicted octanol–water partition coefficient (Wildman–Crippen LogP) is 2.92. The molecule has 0 bridgehead atoms. The third-order valence-corrected chi connectivity index (χ3v) is 2.07. The number of hydrogen-bond acceptors (Lipinski definition) is 3. The fraction of sp³-hybridized carbons (Fsp3) is 0.250. The Balaban J connectivity index is 2.41. The monoisotopic (exact) mass is 220 g/mol. The average molecular weight is 220 g/mol. The van der Waals surface area contributed by atoms with E-state index in [1.54, 1.807) is 18.2 Å². The fourth-order valence-electron chi connectivity index (χ4n) is 1.46. The molecule has 1 N–H and O–H groups in total. The molecular formula is C12H12O4.